The molecule has 0 radical (unpaired) electrons. The van der Waals surface area contributed by atoms with Crippen LogP contribution in [0.2, 0.25) is 0 Å². The number of sulfonamides is 1. The number of rotatable bonds is 5. The van der Waals surface area contributed by atoms with E-state index in [1.807, 2.05) is 13.0 Å². The van der Waals surface area contributed by atoms with E-state index in [0.717, 1.165) is 16.9 Å². The number of nitrogens with zero attached hydrogens (tertiary/aromatic N) is 1. The molecule has 2 N–H and O–H groups in total. The third-order valence-corrected chi connectivity index (χ3v) is 6.09. The molecule has 2 heterocycles. The highest BCUT2D eigenvalue weighted by Gasteiger charge is 2.15. The molecule has 25 heavy (non-hydrogen) atoms. The van der Waals surface area contributed by atoms with Crippen LogP contribution in [-0.4, -0.2) is 19.3 Å². The lowest BCUT2D eigenvalue weighted by molar-refractivity contribution is 0.102. The Morgan fingerprint density at radius 2 is 1.84 bits per heavy atom. The van der Waals surface area contributed by atoms with E-state index in [-0.39, 0.29) is 10.1 Å². The minimum absolute atomic E-state index is 0.236. The molecule has 2 aromatic heterocycles. The average Bonchev–Trinajstić information content (AvgIpc) is 3.13. The standard InChI is InChI=1S/C17H15N3O3S2/c1-12-4-9-15(18-11-12)19-17(21)13-5-7-14(8-6-13)20-25(22,23)16-3-2-10-24-16/h2-11,20H,1H3,(H,18,19,21). The lowest BCUT2D eigenvalue weighted by Gasteiger charge is -2.08. The first-order valence-corrected chi connectivity index (χ1v) is 9.71. The van der Waals surface area contributed by atoms with E-state index >= 15 is 0 Å². The fourth-order valence-electron chi connectivity index (χ4n) is 2.04. The molecule has 0 fully saturated rings. The van der Waals surface area contributed by atoms with E-state index < -0.39 is 10.0 Å². The second kappa shape index (κ2) is 7.04. The zero-order chi connectivity index (χ0) is 17.9. The van der Waals surface area contributed by atoms with Crippen molar-refractivity contribution in [3.05, 3.63) is 71.2 Å². The maximum Gasteiger partial charge on any atom is 0.271 e. The number of carbonyl (C=O) groups is 1. The Balaban J connectivity index is 1.69. The van der Waals surface area contributed by atoms with Gasteiger partial charge in [0.2, 0.25) is 0 Å². The van der Waals surface area contributed by atoms with Crippen LogP contribution < -0.4 is 10.0 Å². The van der Waals surface area contributed by atoms with Crippen LogP contribution in [0.3, 0.4) is 0 Å². The molecule has 6 nitrogen and oxygen atoms in total. The Labute approximate surface area is 149 Å². The number of pyridine rings is 1. The predicted octanol–water partition coefficient (Wildman–Crippen LogP) is 3.50. The summed E-state index contributed by atoms with van der Waals surface area (Å²) in [6.07, 6.45) is 1.66. The number of aromatic nitrogens is 1. The maximum atomic E-state index is 12.2. The normalized spacial score (nSPS) is 11.1. The highest BCUT2D eigenvalue weighted by atomic mass is 32.2. The van der Waals surface area contributed by atoms with Crippen LogP contribution in [0.15, 0.2) is 64.3 Å². The van der Waals surface area contributed by atoms with Gasteiger partial charge in [-0.3, -0.25) is 9.52 Å². The van der Waals surface area contributed by atoms with Crippen molar-refractivity contribution in [3.8, 4) is 0 Å². The first-order valence-electron chi connectivity index (χ1n) is 7.34. The Bertz CT molecular complexity index is 965. The number of amides is 1. The minimum Gasteiger partial charge on any atom is -0.307 e. The summed E-state index contributed by atoms with van der Waals surface area (Å²) in [4.78, 5) is 16.3. The molecule has 3 rings (SSSR count). The quantitative estimate of drug-likeness (QED) is 0.716. The van der Waals surface area contributed by atoms with Gasteiger partial charge in [-0.25, -0.2) is 13.4 Å². The SMILES string of the molecule is Cc1ccc(NC(=O)c2ccc(NS(=O)(=O)c3cccs3)cc2)nc1. The number of anilines is 2. The zero-order valence-electron chi connectivity index (χ0n) is 13.3. The van der Waals surface area contributed by atoms with Crippen LogP contribution in [0.4, 0.5) is 11.5 Å². The van der Waals surface area contributed by atoms with Crippen LogP contribution in [0.5, 0.6) is 0 Å². The van der Waals surface area contributed by atoms with Gasteiger partial charge < -0.3 is 5.32 Å². The van der Waals surface area contributed by atoms with Gasteiger partial charge in [0.25, 0.3) is 15.9 Å². The van der Waals surface area contributed by atoms with Crippen molar-refractivity contribution < 1.29 is 13.2 Å². The Morgan fingerprint density at radius 3 is 2.44 bits per heavy atom. The zero-order valence-corrected chi connectivity index (χ0v) is 14.9. The van der Waals surface area contributed by atoms with Crippen LogP contribution in [0, 0.1) is 6.92 Å². The molecule has 128 valence electrons. The van der Waals surface area contributed by atoms with Gasteiger partial charge in [-0.2, -0.15) is 0 Å². The molecule has 0 aliphatic heterocycles. The highest BCUT2D eigenvalue weighted by molar-refractivity contribution is 7.94. The van der Waals surface area contributed by atoms with Crippen molar-refractivity contribution in [2.24, 2.45) is 0 Å². The van der Waals surface area contributed by atoms with Crippen molar-refractivity contribution in [1.82, 2.24) is 4.98 Å². The van der Waals surface area contributed by atoms with Gasteiger partial charge in [-0.05, 0) is 54.3 Å². The first kappa shape index (κ1) is 17.1. The Morgan fingerprint density at radius 1 is 1.08 bits per heavy atom. The van der Waals surface area contributed by atoms with E-state index in [9.17, 15) is 13.2 Å². The fourth-order valence-corrected chi connectivity index (χ4v) is 4.09. The van der Waals surface area contributed by atoms with Crippen molar-refractivity contribution in [2.45, 2.75) is 11.1 Å². The van der Waals surface area contributed by atoms with Crippen molar-refractivity contribution in [3.63, 3.8) is 0 Å². The fraction of sp³-hybridized carbons (Fsp3) is 0.0588. The number of hydrogen-bond acceptors (Lipinski definition) is 5. The maximum absolute atomic E-state index is 12.2. The molecule has 0 saturated carbocycles. The van der Waals surface area contributed by atoms with Crippen LogP contribution in [0.25, 0.3) is 0 Å². The second-order valence-corrected chi connectivity index (χ2v) is 8.15. The summed E-state index contributed by atoms with van der Waals surface area (Å²) in [5.74, 6) is 0.141. The van der Waals surface area contributed by atoms with Crippen molar-refractivity contribution in [1.29, 1.82) is 0 Å². The van der Waals surface area contributed by atoms with Crippen molar-refractivity contribution in [2.75, 3.05) is 10.0 Å². The Kier molecular flexibility index (Phi) is 4.82. The summed E-state index contributed by atoms with van der Waals surface area (Å²) in [5.41, 5.74) is 1.79. The molecule has 0 atom stereocenters. The van der Waals surface area contributed by atoms with E-state index in [2.05, 4.69) is 15.0 Å². The van der Waals surface area contributed by atoms with Crippen molar-refractivity contribution >= 4 is 38.8 Å². The van der Waals surface area contributed by atoms with Gasteiger partial charge in [0.05, 0.1) is 0 Å². The monoisotopic (exact) mass is 373 g/mol. The molecule has 3 aromatic rings. The largest absolute Gasteiger partial charge is 0.307 e. The summed E-state index contributed by atoms with van der Waals surface area (Å²) in [6.45, 7) is 1.91. The third-order valence-electron chi connectivity index (χ3n) is 3.31. The molecule has 0 bridgehead atoms. The third kappa shape index (κ3) is 4.23. The van der Waals surface area contributed by atoms with Gasteiger partial charge in [0.15, 0.2) is 0 Å². The number of thiophene rings is 1. The number of carbonyl (C=O) groups excluding carboxylic acids is 1. The lowest BCUT2D eigenvalue weighted by atomic mass is 10.2. The smallest absolute Gasteiger partial charge is 0.271 e. The summed E-state index contributed by atoms with van der Waals surface area (Å²) < 4.78 is 27.0. The Hall–Kier alpha value is -2.71. The molecular weight excluding hydrogens is 358 g/mol. The molecule has 0 aliphatic rings. The second-order valence-electron chi connectivity index (χ2n) is 5.29. The van der Waals surface area contributed by atoms with E-state index in [1.165, 1.54) is 6.07 Å². The van der Waals surface area contributed by atoms with Gasteiger partial charge in [0.1, 0.15) is 10.0 Å². The first-order chi connectivity index (χ1) is 11.9. The van der Waals surface area contributed by atoms with Gasteiger partial charge in [-0.15, -0.1) is 11.3 Å². The van der Waals surface area contributed by atoms with E-state index in [1.54, 1.807) is 48.0 Å². The summed E-state index contributed by atoms with van der Waals surface area (Å²) in [6, 6.07) is 13.0. The molecule has 0 saturated heterocycles. The van der Waals surface area contributed by atoms with Crippen LogP contribution in [0.1, 0.15) is 15.9 Å². The molecule has 0 aliphatic carbocycles. The molecule has 1 aromatic carbocycles. The van der Waals surface area contributed by atoms with Crippen LogP contribution in [-0.2, 0) is 10.0 Å². The summed E-state index contributed by atoms with van der Waals surface area (Å²) in [7, 11) is -3.60. The van der Waals surface area contributed by atoms with Gasteiger partial charge in [-0.1, -0.05) is 12.1 Å². The summed E-state index contributed by atoms with van der Waals surface area (Å²) >= 11 is 1.14. The topological polar surface area (TPSA) is 88.2 Å². The molecule has 0 spiro atoms. The minimum atomic E-state index is -3.60. The van der Waals surface area contributed by atoms with Crippen LogP contribution >= 0.6 is 11.3 Å². The van der Waals surface area contributed by atoms with Gasteiger partial charge >= 0.3 is 0 Å². The molecule has 1 amide bonds. The number of hydrogen-bond donors (Lipinski definition) is 2. The number of benzene rings is 1. The number of nitrogens with one attached hydrogen (secondary N) is 2. The lowest BCUT2D eigenvalue weighted by Crippen LogP contribution is -2.14. The predicted molar refractivity (Wildman–Crippen MR) is 98.5 cm³/mol. The molecule has 8 heteroatoms. The molecule has 0 unspecified atom stereocenters. The van der Waals surface area contributed by atoms with Gasteiger partial charge in [0, 0.05) is 17.4 Å². The van der Waals surface area contributed by atoms with E-state index in [0.29, 0.717) is 17.1 Å². The average molecular weight is 373 g/mol. The summed E-state index contributed by atoms with van der Waals surface area (Å²) in [5, 5.41) is 4.38. The highest BCUT2D eigenvalue weighted by Crippen LogP contribution is 2.20. The van der Waals surface area contributed by atoms with E-state index in [4.69, 9.17) is 0 Å². The number of aryl methyl sites for hydroxylation is 1. The molecular formula is C17H15N3O3S2.